The van der Waals surface area contributed by atoms with Crippen molar-refractivity contribution in [1.29, 1.82) is 0 Å². The second-order valence-corrected chi connectivity index (χ2v) is 8.62. The zero-order valence-corrected chi connectivity index (χ0v) is 18.3. The van der Waals surface area contributed by atoms with Crippen LogP contribution in [0.3, 0.4) is 0 Å². The Morgan fingerprint density at radius 3 is 2.42 bits per heavy atom. The molecule has 154 valence electrons. The van der Waals surface area contributed by atoms with Gasteiger partial charge < -0.3 is 9.30 Å². The summed E-state index contributed by atoms with van der Waals surface area (Å²) in [5.41, 5.74) is 3.93. The monoisotopic (exact) mass is 429 g/mol. The quantitative estimate of drug-likeness (QED) is 0.379. The molecule has 4 rings (SSSR count). The Morgan fingerprint density at radius 2 is 1.82 bits per heavy atom. The number of aromatic nitrogens is 3. The molecule has 4 aromatic rings. The van der Waals surface area contributed by atoms with E-state index >= 15 is 0 Å². The topological polar surface area (TPSA) is 59.9 Å². The lowest BCUT2D eigenvalue weighted by molar-refractivity contribution is -0.145. The van der Waals surface area contributed by atoms with Gasteiger partial charge in [0.2, 0.25) is 0 Å². The summed E-state index contributed by atoms with van der Waals surface area (Å²) in [5.74, 6) is -1.41. The van der Waals surface area contributed by atoms with E-state index in [0.717, 1.165) is 38.8 Å². The van der Waals surface area contributed by atoms with Crippen LogP contribution in [-0.2, 0) is 16.0 Å². The van der Waals surface area contributed by atoms with E-state index in [0.29, 0.717) is 0 Å². The molecule has 5 nitrogen and oxygen atoms in total. The van der Waals surface area contributed by atoms with E-state index in [9.17, 15) is 9.18 Å². The minimum atomic E-state index is -2.22. The van der Waals surface area contributed by atoms with Gasteiger partial charge in [0.25, 0.3) is 5.97 Å². The van der Waals surface area contributed by atoms with Gasteiger partial charge in [0.15, 0.2) is 0 Å². The largest absolute Gasteiger partial charge is 0.490 e. The summed E-state index contributed by atoms with van der Waals surface area (Å²) in [5, 5.41) is 4.54. The first kappa shape index (κ1) is 23.3. The molecule has 0 amide bonds. The lowest BCUT2D eigenvalue weighted by atomic mass is 9.49. The van der Waals surface area contributed by atoms with Crippen molar-refractivity contribution in [3.8, 4) is 5.69 Å². The SMILES string of the molecule is [B]C([B])([B])OC(=O)C([B])([B])Cc1c(C(C)C)n(-c2ccc(F)cc2)c2cc3cn[nH]c3cc12. The van der Waals surface area contributed by atoms with Crippen LogP contribution in [-0.4, -0.2) is 65.3 Å². The maximum atomic E-state index is 13.7. The molecule has 0 aliphatic heterocycles. The molecule has 0 unspecified atom stereocenters. The molecule has 1 N–H and O–H groups in total. The highest BCUT2D eigenvalue weighted by molar-refractivity contribution is 6.59. The second kappa shape index (κ2) is 8.19. The fourth-order valence-electron chi connectivity index (χ4n) is 4.09. The van der Waals surface area contributed by atoms with Gasteiger partial charge in [-0.2, -0.15) is 5.10 Å². The molecular weight excluding hydrogens is 411 g/mol. The van der Waals surface area contributed by atoms with Gasteiger partial charge in [0.05, 0.1) is 32.9 Å². The maximum absolute atomic E-state index is 13.7. The zero-order chi connectivity index (χ0) is 24.1. The van der Waals surface area contributed by atoms with Gasteiger partial charge in [-0.15, -0.1) is 0 Å². The number of fused-ring (bicyclic) bond motifs is 2. The molecule has 11 heteroatoms. The Bertz CT molecular complexity index is 1340. The van der Waals surface area contributed by atoms with Crippen molar-refractivity contribution in [3.05, 3.63) is 59.7 Å². The van der Waals surface area contributed by atoms with E-state index in [1.165, 1.54) is 12.1 Å². The summed E-state index contributed by atoms with van der Waals surface area (Å²) in [6, 6.07) is 10.0. The molecule has 0 spiro atoms. The number of esters is 1. The Balaban J connectivity index is 1.97. The molecule has 0 aliphatic carbocycles. The normalized spacial score (nSPS) is 12.6. The van der Waals surface area contributed by atoms with Gasteiger partial charge in [0.1, 0.15) is 29.4 Å². The molecule has 0 atom stereocenters. The van der Waals surface area contributed by atoms with Gasteiger partial charge in [-0.05, 0) is 64.8 Å². The van der Waals surface area contributed by atoms with Crippen molar-refractivity contribution in [2.75, 3.05) is 0 Å². The standard InChI is InChI=1S/C22H17B5FN3O2/c1-11(2)19-16(9-21(23,24)20(32)33-22(25,26)27)15-8-17-12(10-29-30-17)7-18(15)31(19)14-5-3-13(28)4-6-14/h3-8,10-11H,9H2,1-2H3,(H,29,30). The average molecular weight is 428 g/mol. The van der Waals surface area contributed by atoms with Crippen LogP contribution in [0.1, 0.15) is 31.0 Å². The number of benzene rings is 2. The third-order valence-corrected chi connectivity index (χ3v) is 5.42. The number of hydrogen-bond acceptors (Lipinski definition) is 3. The molecule has 10 radical (unpaired) electrons. The highest BCUT2D eigenvalue weighted by Crippen LogP contribution is 2.40. The predicted octanol–water partition coefficient (Wildman–Crippen LogP) is 2.42. The van der Waals surface area contributed by atoms with E-state index in [1.807, 2.05) is 30.5 Å². The van der Waals surface area contributed by atoms with Crippen LogP contribution < -0.4 is 0 Å². The summed E-state index contributed by atoms with van der Waals surface area (Å²) in [4.78, 5) is 12.6. The highest BCUT2D eigenvalue weighted by Gasteiger charge is 2.34. The number of aromatic amines is 1. The first-order valence-electron chi connectivity index (χ1n) is 10.3. The Kier molecular flexibility index (Phi) is 5.79. The lowest BCUT2D eigenvalue weighted by Crippen LogP contribution is -2.41. The molecular formula is C22H17B5FN3O2. The van der Waals surface area contributed by atoms with Crippen LogP contribution in [0.4, 0.5) is 4.39 Å². The number of carbonyl (C=O) groups is 1. The van der Waals surface area contributed by atoms with Crippen LogP contribution in [0.15, 0.2) is 42.6 Å². The first-order chi connectivity index (χ1) is 15.4. The molecule has 2 heterocycles. The minimum Gasteiger partial charge on any atom is -0.490 e. The number of nitrogens with zero attached hydrogens (tertiary/aromatic N) is 2. The maximum Gasteiger partial charge on any atom is 0.293 e. The van der Waals surface area contributed by atoms with Crippen LogP contribution in [0, 0.1) is 5.82 Å². The molecule has 0 saturated carbocycles. The smallest absolute Gasteiger partial charge is 0.293 e. The summed E-state index contributed by atoms with van der Waals surface area (Å²) in [6.45, 7) is 4.01. The second-order valence-electron chi connectivity index (χ2n) is 8.62. The number of ether oxygens (including phenoxy) is 1. The van der Waals surface area contributed by atoms with E-state index < -0.39 is 16.5 Å². The summed E-state index contributed by atoms with van der Waals surface area (Å²) < 4.78 is 20.5. The van der Waals surface area contributed by atoms with Gasteiger partial charge in [-0.25, -0.2) is 4.39 Å². The third kappa shape index (κ3) is 4.50. The number of halogens is 1. The van der Waals surface area contributed by atoms with Gasteiger partial charge in [-0.1, -0.05) is 13.8 Å². The number of nitrogens with one attached hydrogen (secondary N) is 1. The third-order valence-electron chi connectivity index (χ3n) is 5.42. The molecule has 0 bridgehead atoms. The van der Waals surface area contributed by atoms with E-state index in [-0.39, 0.29) is 18.2 Å². The summed E-state index contributed by atoms with van der Waals surface area (Å²) in [6.07, 6.45) is 1.61. The van der Waals surface area contributed by atoms with Crippen LogP contribution in [0.5, 0.6) is 0 Å². The Hall–Kier alpha value is -2.83. The first-order valence-corrected chi connectivity index (χ1v) is 10.3. The van der Waals surface area contributed by atoms with Crippen LogP contribution in [0.25, 0.3) is 27.5 Å². The Labute approximate surface area is 197 Å². The van der Waals surface area contributed by atoms with Crippen molar-refractivity contribution < 1.29 is 13.9 Å². The van der Waals surface area contributed by atoms with Crippen LogP contribution >= 0.6 is 0 Å². The van der Waals surface area contributed by atoms with Gasteiger partial charge >= 0.3 is 0 Å². The van der Waals surface area contributed by atoms with Crippen molar-refractivity contribution in [3.63, 3.8) is 0 Å². The number of carbonyl (C=O) groups excluding carboxylic acids is 1. The fraction of sp³-hybridized carbons (Fsp3) is 0.273. The molecule has 2 aromatic heterocycles. The van der Waals surface area contributed by atoms with Crippen LogP contribution in [0.2, 0.25) is 5.21 Å². The van der Waals surface area contributed by atoms with E-state index in [4.69, 9.17) is 44.0 Å². The van der Waals surface area contributed by atoms with Crippen molar-refractivity contribution >= 4 is 67.0 Å². The predicted molar refractivity (Wildman–Crippen MR) is 131 cm³/mol. The molecule has 0 saturated heterocycles. The number of rotatable bonds is 6. The Morgan fingerprint density at radius 1 is 1.15 bits per heavy atom. The van der Waals surface area contributed by atoms with Gasteiger partial charge in [-0.3, -0.25) is 9.89 Å². The fourth-order valence-corrected chi connectivity index (χ4v) is 4.09. The molecule has 2 aromatic carbocycles. The molecule has 33 heavy (non-hydrogen) atoms. The lowest BCUT2D eigenvalue weighted by Gasteiger charge is -2.31. The average Bonchev–Trinajstić information content (AvgIpc) is 3.27. The van der Waals surface area contributed by atoms with Crippen molar-refractivity contribution in [2.24, 2.45) is 0 Å². The van der Waals surface area contributed by atoms with Crippen molar-refractivity contribution in [1.82, 2.24) is 14.8 Å². The van der Waals surface area contributed by atoms with Gasteiger partial charge in [0, 0.05) is 22.2 Å². The number of hydrogen-bond donors (Lipinski definition) is 1. The highest BCUT2D eigenvalue weighted by atomic mass is 19.1. The summed E-state index contributed by atoms with van der Waals surface area (Å²) in [7, 11) is 28.5. The minimum absolute atomic E-state index is 0.0154. The number of H-pyrrole nitrogens is 1. The molecule has 0 fully saturated rings. The van der Waals surface area contributed by atoms with E-state index in [2.05, 4.69) is 10.2 Å². The molecule has 0 aliphatic rings. The van der Waals surface area contributed by atoms with E-state index in [1.54, 1.807) is 18.3 Å². The zero-order valence-electron chi connectivity index (χ0n) is 18.3. The van der Waals surface area contributed by atoms with Crippen molar-refractivity contribution in [2.45, 2.75) is 36.7 Å². The summed E-state index contributed by atoms with van der Waals surface area (Å²) >= 11 is 0.